The molecular weight excluding hydrogens is 248 g/mol. The molecule has 0 saturated carbocycles. The number of benzene rings is 1. The Labute approximate surface area is 111 Å². The molecule has 1 aromatic carbocycles. The fraction of sp³-hybridized carbons (Fsp3) is 0.462. The smallest absolute Gasteiger partial charge is 0.324 e. The van der Waals surface area contributed by atoms with E-state index in [1.165, 1.54) is 13.8 Å². The summed E-state index contributed by atoms with van der Waals surface area (Å²) in [6, 6.07) is 8.46. The van der Waals surface area contributed by atoms with Gasteiger partial charge in [-0.3, -0.25) is 14.9 Å². The molecule has 0 saturated heterocycles. The summed E-state index contributed by atoms with van der Waals surface area (Å²) in [5, 5.41) is 10.4. The van der Waals surface area contributed by atoms with Crippen LogP contribution in [0.25, 0.3) is 0 Å². The fourth-order valence-electron chi connectivity index (χ4n) is 1.64. The van der Waals surface area contributed by atoms with Gasteiger partial charge in [0.05, 0.1) is 0 Å². The summed E-state index contributed by atoms with van der Waals surface area (Å²) in [4.78, 5) is 21.7. The van der Waals surface area contributed by atoms with Crippen molar-refractivity contribution in [2.24, 2.45) is 5.73 Å². The van der Waals surface area contributed by atoms with Gasteiger partial charge >= 0.3 is 5.97 Å². The van der Waals surface area contributed by atoms with Crippen LogP contribution in [-0.2, 0) is 16.0 Å². The summed E-state index contributed by atoms with van der Waals surface area (Å²) < 4.78 is 5.08. The molecule has 104 valence electrons. The third-order valence-corrected chi connectivity index (χ3v) is 2.49. The molecule has 19 heavy (non-hydrogen) atoms. The zero-order valence-electron chi connectivity index (χ0n) is 11.0. The molecule has 2 N–H and O–H groups in total. The molecule has 1 unspecified atom stereocenters. The SMILES string of the molecule is CC(C)(C[N+](=O)[O-])OC(=O)C(N)Cc1ccccc1. The van der Waals surface area contributed by atoms with Crippen molar-refractivity contribution in [3.05, 3.63) is 46.0 Å². The summed E-state index contributed by atoms with van der Waals surface area (Å²) in [5.74, 6) is -0.629. The molecule has 6 nitrogen and oxygen atoms in total. The van der Waals surface area contributed by atoms with E-state index < -0.39 is 29.1 Å². The molecule has 0 aliphatic rings. The lowest BCUT2D eigenvalue weighted by Gasteiger charge is -2.22. The minimum atomic E-state index is -1.16. The Balaban J connectivity index is 2.56. The fourth-order valence-corrected chi connectivity index (χ4v) is 1.64. The Hall–Kier alpha value is -1.95. The summed E-state index contributed by atoms with van der Waals surface area (Å²) >= 11 is 0. The van der Waals surface area contributed by atoms with Crippen molar-refractivity contribution in [2.45, 2.75) is 31.9 Å². The van der Waals surface area contributed by atoms with E-state index in [0.717, 1.165) is 5.56 Å². The van der Waals surface area contributed by atoms with Gasteiger partial charge < -0.3 is 10.5 Å². The van der Waals surface area contributed by atoms with E-state index in [2.05, 4.69) is 0 Å². The summed E-state index contributed by atoms with van der Waals surface area (Å²) in [6.45, 7) is 2.53. The minimum Gasteiger partial charge on any atom is -0.451 e. The maximum atomic E-state index is 11.8. The van der Waals surface area contributed by atoms with Gasteiger partial charge in [-0.05, 0) is 25.8 Å². The van der Waals surface area contributed by atoms with Gasteiger partial charge in [0.25, 0.3) is 0 Å². The molecular formula is C13H18N2O4. The topological polar surface area (TPSA) is 95.5 Å². The average Bonchev–Trinajstić information content (AvgIpc) is 2.27. The van der Waals surface area contributed by atoms with Crippen LogP contribution in [0.2, 0.25) is 0 Å². The Kier molecular flexibility index (Phi) is 5.00. The first-order valence-corrected chi connectivity index (χ1v) is 5.94. The summed E-state index contributed by atoms with van der Waals surface area (Å²) in [6.07, 6.45) is 0.341. The molecule has 0 fully saturated rings. The van der Waals surface area contributed by atoms with E-state index in [9.17, 15) is 14.9 Å². The molecule has 0 aromatic heterocycles. The number of nitrogens with zero attached hydrogens (tertiary/aromatic N) is 1. The quantitative estimate of drug-likeness (QED) is 0.473. The van der Waals surface area contributed by atoms with Gasteiger partial charge in [0.1, 0.15) is 6.04 Å². The number of carbonyl (C=O) groups is 1. The normalized spacial score (nSPS) is 12.8. The van der Waals surface area contributed by atoms with Gasteiger partial charge in [-0.15, -0.1) is 0 Å². The molecule has 1 aromatic rings. The lowest BCUT2D eigenvalue weighted by molar-refractivity contribution is -0.498. The zero-order valence-corrected chi connectivity index (χ0v) is 11.0. The molecule has 6 heteroatoms. The van der Waals surface area contributed by atoms with Gasteiger partial charge in [-0.1, -0.05) is 30.3 Å². The molecule has 0 amide bonds. The third-order valence-electron chi connectivity index (χ3n) is 2.49. The van der Waals surface area contributed by atoms with Crippen molar-refractivity contribution in [1.29, 1.82) is 0 Å². The van der Waals surface area contributed by atoms with Gasteiger partial charge in [0.15, 0.2) is 5.60 Å². The van der Waals surface area contributed by atoms with E-state index in [1.54, 1.807) is 0 Å². The van der Waals surface area contributed by atoms with Crippen molar-refractivity contribution in [1.82, 2.24) is 0 Å². The van der Waals surface area contributed by atoms with Crippen LogP contribution in [-0.4, -0.2) is 29.1 Å². The summed E-state index contributed by atoms with van der Waals surface area (Å²) in [7, 11) is 0. The maximum absolute atomic E-state index is 11.8. The molecule has 0 aliphatic heterocycles. The van der Waals surface area contributed by atoms with E-state index in [1.807, 2.05) is 30.3 Å². The van der Waals surface area contributed by atoms with Crippen LogP contribution in [0.15, 0.2) is 30.3 Å². The first kappa shape index (κ1) is 15.1. The zero-order chi connectivity index (χ0) is 14.5. The number of ether oxygens (including phenoxy) is 1. The van der Waals surface area contributed by atoms with Crippen molar-refractivity contribution < 1.29 is 14.5 Å². The van der Waals surface area contributed by atoms with E-state index >= 15 is 0 Å². The molecule has 0 aliphatic carbocycles. The first-order chi connectivity index (χ1) is 8.80. The number of hydrogen-bond acceptors (Lipinski definition) is 5. The first-order valence-electron chi connectivity index (χ1n) is 5.94. The Morgan fingerprint density at radius 3 is 2.53 bits per heavy atom. The van der Waals surface area contributed by atoms with E-state index in [4.69, 9.17) is 10.5 Å². The summed E-state index contributed by atoms with van der Waals surface area (Å²) in [5.41, 5.74) is 5.50. The standard InChI is InChI=1S/C13H18N2O4/c1-13(2,9-15(17)18)19-12(16)11(14)8-10-6-4-3-5-7-10/h3-7,11H,8-9,14H2,1-2H3. The largest absolute Gasteiger partial charge is 0.451 e. The highest BCUT2D eigenvalue weighted by molar-refractivity contribution is 5.76. The van der Waals surface area contributed by atoms with Gasteiger partial charge in [-0.2, -0.15) is 0 Å². The Bertz CT molecular complexity index is 445. The van der Waals surface area contributed by atoms with Crippen molar-refractivity contribution in [3.63, 3.8) is 0 Å². The van der Waals surface area contributed by atoms with Crippen LogP contribution in [0, 0.1) is 10.1 Å². The Morgan fingerprint density at radius 1 is 1.42 bits per heavy atom. The van der Waals surface area contributed by atoms with Crippen LogP contribution >= 0.6 is 0 Å². The number of esters is 1. The van der Waals surface area contributed by atoms with E-state index in [0.29, 0.717) is 6.42 Å². The van der Waals surface area contributed by atoms with Crippen molar-refractivity contribution in [3.8, 4) is 0 Å². The Morgan fingerprint density at radius 2 is 2.00 bits per heavy atom. The highest BCUT2D eigenvalue weighted by Gasteiger charge is 2.31. The number of nitro groups is 1. The molecule has 1 rings (SSSR count). The highest BCUT2D eigenvalue weighted by Crippen LogP contribution is 2.12. The second-order valence-electron chi connectivity index (χ2n) is 4.97. The molecule has 0 heterocycles. The molecule has 0 spiro atoms. The van der Waals surface area contributed by atoms with E-state index in [-0.39, 0.29) is 0 Å². The van der Waals surface area contributed by atoms with Crippen LogP contribution < -0.4 is 5.73 Å². The van der Waals surface area contributed by atoms with Gasteiger partial charge in [0.2, 0.25) is 6.54 Å². The highest BCUT2D eigenvalue weighted by atomic mass is 16.6. The lowest BCUT2D eigenvalue weighted by atomic mass is 10.1. The van der Waals surface area contributed by atoms with Crippen LogP contribution in [0.4, 0.5) is 0 Å². The molecule has 1 atom stereocenters. The van der Waals surface area contributed by atoms with Crippen molar-refractivity contribution >= 4 is 5.97 Å². The molecule has 0 radical (unpaired) electrons. The van der Waals surface area contributed by atoms with Crippen LogP contribution in [0.1, 0.15) is 19.4 Å². The number of carbonyl (C=O) groups excluding carboxylic acids is 1. The lowest BCUT2D eigenvalue weighted by Crippen LogP contribution is -2.43. The number of nitrogens with two attached hydrogens (primary N) is 1. The monoisotopic (exact) mass is 266 g/mol. The second-order valence-corrected chi connectivity index (χ2v) is 4.97. The second kappa shape index (κ2) is 6.29. The van der Waals surface area contributed by atoms with Crippen LogP contribution in [0.3, 0.4) is 0 Å². The number of hydrogen-bond donors (Lipinski definition) is 1. The van der Waals surface area contributed by atoms with Crippen molar-refractivity contribution in [2.75, 3.05) is 6.54 Å². The average molecular weight is 266 g/mol. The maximum Gasteiger partial charge on any atom is 0.324 e. The molecule has 0 bridgehead atoms. The predicted molar refractivity (Wildman–Crippen MR) is 70.2 cm³/mol. The van der Waals surface area contributed by atoms with Gasteiger partial charge in [0, 0.05) is 4.92 Å². The number of rotatable bonds is 6. The minimum absolute atomic E-state index is 0.341. The predicted octanol–water partition coefficient (Wildman–Crippen LogP) is 1.15. The van der Waals surface area contributed by atoms with Gasteiger partial charge in [-0.25, -0.2) is 0 Å². The third kappa shape index (κ3) is 5.48. The van der Waals surface area contributed by atoms with Crippen LogP contribution in [0.5, 0.6) is 0 Å².